The third-order valence-electron chi connectivity index (χ3n) is 3.19. The maximum Gasteiger partial charge on any atom is 0.312 e. The number of hydrogen-bond donors (Lipinski definition) is 0. The lowest BCUT2D eigenvalue weighted by molar-refractivity contribution is -0.386. The van der Waals surface area contributed by atoms with Crippen LogP contribution in [0, 0.1) is 10.1 Å². The van der Waals surface area contributed by atoms with Crippen molar-refractivity contribution in [2.75, 3.05) is 20.3 Å². The van der Waals surface area contributed by atoms with Crippen LogP contribution >= 0.6 is 27.5 Å². The van der Waals surface area contributed by atoms with E-state index in [1.54, 1.807) is 19.2 Å². The number of ether oxygens (including phenoxy) is 3. The lowest BCUT2D eigenvalue weighted by Gasteiger charge is -2.40. The number of methoxy groups -OCH3 is 1. The predicted molar refractivity (Wildman–Crippen MR) is 81.1 cm³/mol. The van der Waals surface area contributed by atoms with Crippen LogP contribution in [0.2, 0.25) is 0 Å². The van der Waals surface area contributed by atoms with Crippen LogP contribution in [0.3, 0.4) is 0 Å². The lowest BCUT2D eigenvalue weighted by atomic mass is 9.91. The normalized spacial score (nSPS) is 24.4. The van der Waals surface area contributed by atoms with E-state index in [9.17, 15) is 10.1 Å². The van der Waals surface area contributed by atoms with E-state index in [1.165, 1.54) is 6.07 Å². The third-order valence-corrected chi connectivity index (χ3v) is 4.24. The van der Waals surface area contributed by atoms with Gasteiger partial charge in [0.05, 0.1) is 28.0 Å². The topological polar surface area (TPSA) is 70.8 Å². The summed E-state index contributed by atoms with van der Waals surface area (Å²) in [5.41, 5.74) is -0.0851. The number of nitro benzene ring substituents is 1. The summed E-state index contributed by atoms with van der Waals surface area (Å²) in [7, 11) is 1.58. The number of rotatable bonds is 7. The molecule has 116 valence electrons. The Kier molecular flexibility index (Phi) is 5.80. The van der Waals surface area contributed by atoms with Crippen molar-refractivity contribution in [2.24, 2.45) is 0 Å². The van der Waals surface area contributed by atoms with E-state index < -0.39 is 4.92 Å². The molecule has 1 aromatic rings. The molecule has 2 rings (SSSR count). The fraction of sp³-hybridized carbons (Fsp3) is 0.538. The van der Waals surface area contributed by atoms with Crippen molar-refractivity contribution in [3.63, 3.8) is 0 Å². The Labute approximate surface area is 135 Å². The van der Waals surface area contributed by atoms with Gasteiger partial charge in [-0.15, -0.1) is 11.6 Å². The van der Waals surface area contributed by atoms with Crippen molar-refractivity contribution in [2.45, 2.75) is 24.0 Å². The second-order valence-corrected chi connectivity index (χ2v) is 6.00. The zero-order valence-corrected chi connectivity index (χ0v) is 13.7. The molecule has 0 aromatic heterocycles. The van der Waals surface area contributed by atoms with Crippen molar-refractivity contribution < 1.29 is 19.1 Å². The van der Waals surface area contributed by atoms with Gasteiger partial charge in [0, 0.05) is 19.6 Å². The summed E-state index contributed by atoms with van der Waals surface area (Å²) in [5.74, 6) is 0.205. The zero-order chi connectivity index (χ0) is 15.4. The molecule has 0 amide bonds. The van der Waals surface area contributed by atoms with Gasteiger partial charge in [-0.3, -0.25) is 10.1 Å². The van der Waals surface area contributed by atoms with Gasteiger partial charge in [-0.05, 0) is 22.0 Å². The van der Waals surface area contributed by atoms with Crippen LogP contribution in [0.5, 0.6) is 5.75 Å². The van der Waals surface area contributed by atoms with Crippen LogP contribution in [0.1, 0.15) is 6.42 Å². The zero-order valence-electron chi connectivity index (χ0n) is 11.3. The molecule has 0 radical (unpaired) electrons. The van der Waals surface area contributed by atoms with E-state index in [4.69, 9.17) is 25.8 Å². The minimum atomic E-state index is -0.474. The number of nitrogens with zero attached hydrogens (tertiary/aromatic N) is 1. The van der Waals surface area contributed by atoms with E-state index in [0.717, 1.165) is 0 Å². The SMILES string of the molecule is COCCOC1C(Cl)CC1Oc1c(Br)cccc1[N+](=O)[O-]. The van der Waals surface area contributed by atoms with Crippen LogP contribution in [0.25, 0.3) is 0 Å². The molecule has 1 aromatic carbocycles. The molecule has 1 saturated carbocycles. The second-order valence-electron chi connectivity index (χ2n) is 4.58. The maximum atomic E-state index is 11.0. The van der Waals surface area contributed by atoms with E-state index in [-0.39, 0.29) is 29.0 Å². The second kappa shape index (κ2) is 7.40. The van der Waals surface area contributed by atoms with Gasteiger partial charge in [0.2, 0.25) is 5.75 Å². The summed E-state index contributed by atoms with van der Waals surface area (Å²) >= 11 is 9.38. The Morgan fingerprint density at radius 3 is 2.86 bits per heavy atom. The molecule has 0 saturated heterocycles. The molecule has 1 aliphatic rings. The minimum Gasteiger partial charge on any atom is -0.480 e. The molecule has 0 spiro atoms. The van der Waals surface area contributed by atoms with Gasteiger partial charge in [0.15, 0.2) is 0 Å². The number of benzene rings is 1. The van der Waals surface area contributed by atoms with Crippen LogP contribution in [0.15, 0.2) is 22.7 Å². The largest absolute Gasteiger partial charge is 0.480 e. The Hall–Kier alpha value is -0.890. The average molecular weight is 381 g/mol. The van der Waals surface area contributed by atoms with Crippen LogP contribution in [-0.2, 0) is 9.47 Å². The van der Waals surface area contributed by atoms with Gasteiger partial charge in [-0.1, -0.05) is 6.07 Å². The number of hydrogen-bond acceptors (Lipinski definition) is 5. The van der Waals surface area contributed by atoms with Crippen LogP contribution < -0.4 is 4.74 Å². The van der Waals surface area contributed by atoms with Crippen molar-refractivity contribution in [3.05, 3.63) is 32.8 Å². The van der Waals surface area contributed by atoms with Gasteiger partial charge in [-0.25, -0.2) is 0 Å². The van der Waals surface area contributed by atoms with E-state index in [2.05, 4.69) is 15.9 Å². The molecule has 8 heteroatoms. The van der Waals surface area contributed by atoms with E-state index in [0.29, 0.717) is 24.1 Å². The highest BCUT2D eigenvalue weighted by Gasteiger charge is 2.43. The van der Waals surface area contributed by atoms with E-state index >= 15 is 0 Å². The van der Waals surface area contributed by atoms with Gasteiger partial charge < -0.3 is 14.2 Å². The predicted octanol–water partition coefficient (Wildman–Crippen LogP) is 3.15. The number of alkyl halides is 1. The average Bonchev–Trinajstić information content (AvgIpc) is 2.44. The lowest BCUT2D eigenvalue weighted by Crippen LogP contribution is -2.53. The number of nitro groups is 1. The van der Waals surface area contributed by atoms with Gasteiger partial charge in [-0.2, -0.15) is 0 Å². The smallest absolute Gasteiger partial charge is 0.312 e. The molecule has 3 atom stereocenters. The minimum absolute atomic E-state index is 0.0851. The maximum absolute atomic E-state index is 11.0. The number of halogens is 2. The van der Waals surface area contributed by atoms with Gasteiger partial charge in [0.25, 0.3) is 0 Å². The fourth-order valence-corrected chi connectivity index (χ4v) is 2.89. The molecule has 3 unspecified atom stereocenters. The fourth-order valence-electron chi connectivity index (χ4n) is 2.03. The quantitative estimate of drug-likeness (QED) is 0.314. The summed E-state index contributed by atoms with van der Waals surface area (Å²) in [6.45, 7) is 0.865. The molecular weight excluding hydrogens is 366 g/mol. The first-order chi connectivity index (χ1) is 10.0. The molecule has 1 fully saturated rings. The van der Waals surface area contributed by atoms with Crippen LogP contribution in [-0.4, -0.2) is 42.8 Å². The molecule has 21 heavy (non-hydrogen) atoms. The highest BCUT2D eigenvalue weighted by atomic mass is 79.9. The van der Waals surface area contributed by atoms with Crippen molar-refractivity contribution >= 4 is 33.2 Å². The van der Waals surface area contributed by atoms with Crippen molar-refractivity contribution in [1.29, 1.82) is 0 Å². The summed E-state index contributed by atoms with van der Waals surface area (Å²) in [5, 5.41) is 10.9. The summed E-state index contributed by atoms with van der Waals surface area (Å²) in [6.07, 6.45) is -0.0205. The first-order valence-electron chi connectivity index (χ1n) is 6.38. The number of para-hydroxylation sites is 1. The summed E-state index contributed by atoms with van der Waals surface area (Å²) in [6, 6.07) is 4.68. The molecule has 0 heterocycles. The highest BCUT2D eigenvalue weighted by Crippen LogP contribution is 2.40. The van der Waals surface area contributed by atoms with Crippen molar-refractivity contribution in [1.82, 2.24) is 0 Å². The Bertz CT molecular complexity index is 515. The van der Waals surface area contributed by atoms with Crippen LogP contribution in [0.4, 0.5) is 5.69 Å². The standard InChI is InChI=1S/C13H15BrClNO5/c1-19-5-6-20-13-9(15)7-11(13)21-12-8(14)3-2-4-10(12)16(17)18/h2-4,9,11,13H,5-7H2,1H3. The van der Waals surface area contributed by atoms with Gasteiger partial charge in [0.1, 0.15) is 12.2 Å². The molecule has 0 N–H and O–H groups in total. The molecule has 0 aliphatic heterocycles. The Morgan fingerprint density at radius 2 is 2.24 bits per heavy atom. The van der Waals surface area contributed by atoms with Crippen molar-refractivity contribution in [3.8, 4) is 5.75 Å². The summed E-state index contributed by atoms with van der Waals surface area (Å²) in [4.78, 5) is 10.6. The van der Waals surface area contributed by atoms with Gasteiger partial charge >= 0.3 is 5.69 Å². The molecule has 1 aliphatic carbocycles. The Morgan fingerprint density at radius 1 is 1.48 bits per heavy atom. The molecular formula is C13H15BrClNO5. The molecule has 0 bridgehead atoms. The first kappa shape index (κ1) is 16.5. The molecule has 6 nitrogen and oxygen atoms in total. The monoisotopic (exact) mass is 379 g/mol. The summed E-state index contributed by atoms with van der Waals surface area (Å²) < 4.78 is 16.8. The van der Waals surface area contributed by atoms with E-state index in [1.807, 2.05) is 0 Å². The third kappa shape index (κ3) is 3.85. The highest BCUT2D eigenvalue weighted by molar-refractivity contribution is 9.10. The Balaban J connectivity index is 2.06. The first-order valence-corrected chi connectivity index (χ1v) is 7.61.